The van der Waals surface area contributed by atoms with Crippen LogP contribution in [0.15, 0.2) is 34.9 Å². The Labute approximate surface area is 124 Å². The Morgan fingerprint density at radius 2 is 2.10 bits per heavy atom. The number of nitrogens with one attached hydrogen (secondary N) is 2. The fraction of sp³-hybridized carbons (Fsp3) is 0.143. The topological polar surface area (TPSA) is 54.0 Å². The van der Waals surface area contributed by atoms with Crippen LogP contribution < -0.4 is 10.6 Å². The molecule has 0 fully saturated rings. The van der Waals surface area contributed by atoms with Gasteiger partial charge in [-0.1, -0.05) is 6.07 Å². The van der Waals surface area contributed by atoms with Gasteiger partial charge in [-0.05, 0) is 46.6 Å². The monoisotopic (exact) mass is 337 g/mol. The molecule has 0 saturated carbocycles. The largest absolute Gasteiger partial charge is 0.372 e. The molecule has 2 aromatic rings. The number of halogens is 2. The van der Waals surface area contributed by atoms with E-state index in [0.29, 0.717) is 27.1 Å². The lowest BCUT2D eigenvalue weighted by molar-refractivity contribution is 0.102. The summed E-state index contributed by atoms with van der Waals surface area (Å²) in [5, 5.41) is 5.49. The molecule has 0 aliphatic heterocycles. The third kappa shape index (κ3) is 3.14. The normalized spacial score (nSPS) is 10.2. The molecule has 0 saturated heterocycles. The summed E-state index contributed by atoms with van der Waals surface area (Å²) in [4.78, 5) is 16.3. The van der Waals surface area contributed by atoms with E-state index in [0.717, 1.165) is 0 Å². The van der Waals surface area contributed by atoms with E-state index >= 15 is 0 Å². The highest BCUT2D eigenvalue weighted by Crippen LogP contribution is 2.20. The van der Waals surface area contributed by atoms with Crippen molar-refractivity contribution in [3.05, 3.63) is 51.9 Å². The zero-order valence-corrected chi connectivity index (χ0v) is 12.6. The smallest absolute Gasteiger partial charge is 0.259 e. The summed E-state index contributed by atoms with van der Waals surface area (Å²) < 4.78 is 14.1. The molecule has 104 valence electrons. The number of pyridine rings is 1. The molecule has 4 nitrogen and oxygen atoms in total. The molecule has 1 aromatic heterocycles. The lowest BCUT2D eigenvalue weighted by Crippen LogP contribution is -2.15. The third-order valence-electron chi connectivity index (χ3n) is 2.77. The number of rotatable bonds is 3. The molecule has 0 atom stereocenters. The second-order valence-electron chi connectivity index (χ2n) is 4.22. The number of hydrogen-bond acceptors (Lipinski definition) is 3. The van der Waals surface area contributed by atoms with Gasteiger partial charge in [0.15, 0.2) is 0 Å². The van der Waals surface area contributed by atoms with Crippen LogP contribution in [-0.4, -0.2) is 17.9 Å². The Morgan fingerprint density at radius 3 is 2.75 bits per heavy atom. The van der Waals surface area contributed by atoms with E-state index in [-0.39, 0.29) is 11.7 Å². The second kappa shape index (κ2) is 6.00. The van der Waals surface area contributed by atoms with E-state index < -0.39 is 0 Å². The molecule has 0 radical (unpaired) electrons. The summed E-state index contributed by atoms with van der Waals surface area (Å²) in [5.74, 6) is -0.256. The van der Waals surface area contributed by atoms with Crippen LogP contribution in [0.2, 0.25) is 0 Å². The van der Waals surface area contributed by atoms with Crippen molar-refractivity contribution in [3.63, 3.8) is 0 Å². The van der Waals surface area contributed by atoms with Gasteiger partial charge in [-0.25, -0.2) is 9.37 Å². The molecular weight excluding hydrogens is 325 g/mol. The lowest BCUT2D eigenvalue weighted by Gasteiger charge is -2.10. The first-order chi connectivity index (χ1) is 9.51. The first-order valence-corrected chi connectivity index (χ1v) is 6.71. The number of anilines is 2. The maximum absolute atomic E-state index is 13.5. The number of aryl methyl sites for hydroxylation is 1. The zero-order chi connectivity index (χ0) is 14.7. The molecule has 0 aliphatic rings. The Balaban J connectivity index is 2.27. The molecule has 0 aliphatic carbocycles. The van der Waals surface area contributed by atoms with Gasteiger partial charge >= 0.3 is 0 Å². The Bertz CT molecular complexity index is 661. The zero-order valence-electron chi connectivity index (χ0n) is 11.0. The van der Waals surface area contributed by atoms with Gasteiger partial charge in [-0.3, -0.25) is 4.79 Å². The van der Waals surface area contributed by atoms with Crippen LogP contribution >= 0.6 is 15.9 Å². The molecule has 20 heavy (non-hydrogen) atoms. The highest BCUT2D eigenvalue weighted by Gasteiger charge is 2.13. The van der Waals surface area contributed by atoms with E-state index in [2.05, 4.69) is 31.5 Å². The maximum Gasteiger partial charge on any atom is 0.259 e. The van der Waals surface area contributed by atoms with Crippen molar-refractivity contribution in [3.8, 4) is 0 Å². The summed E-state index contributed by atoms with van der Waals surface area (Å²) in [7, 11) is 1.68. The summed E-state index contributed by atoms with van der Waals surface area (Å²) in [5.41, 5.74) is 1.31. The van der Waals surface area contributed by atoms with Crippen molar-refractivity contribution < 1.29 is 9.18 Å². The summed E-state index contributed by atoms with van der Waals surface area (Å²) in [6.07, 6.45) is 1.59. The van der Waals surface area contributed by atoms with Crippen LogP contribution in [0.3, 0.4) is 0 Å². The van der Waals surface area contributed by atoms with Gasteiger partial charge in [0.2, 0.25) is 0 Å². The Kier molecular flexibility index (Phi) is 4.34. The molecule has 0 bridgehead atoms. The van der Waals surface area contributed by atoms with Crippen LogP contribution in [0, 0.1) is 12.7 Å². The SMILES string of the molecule is CNc1ncc(Br)cc1C(=O)Nc1ccc(C)c(F)c1. The number of aromatic nitrogens is 1. The molecule has 6 heteroatoms. The number of hydrogen-bond donors (Lipinski definition) is 2. The Morgan fingerprint density at radius 1 is 1.35 bits per heavy atom. The fourth-order valence-electron chi connectivity index (χ4n) is 1.68. The van der Waals surface area contributed by atoms with Gasteiger partial charge in [0.1, 0.15) is 11.6 Å². The van der Waals surface area contributed by atoms with Crippen molar-refractivity contribution in [2.24, 2.45) is 0 Å². The minimum absolute atomic E-state index is 0.355. The number of carbonyl (C=O) groups excluding carboxylic acids is 1. The molecule has 1 heterocycles. The van der Waals surface area contributed by atoms with Crippen LogP contribution in [0.1, 0.15) is 15.9 Å². The highest BCUT2D eigenvalue weighted by atomic mass is 79.9. The molecule has 0 spiro atoms. The average Bonchev–Trinajstić information content (AvgIpc) is 2.43. The molecule has 2 N–H and O–H groups in total. The number of amides is 1. The fourth-order valence-corrected chi connectivity index (χ4v) is 2.01. The predicted molar refractivity (Wildman–Crippen MR) is 80.6 cm³/mol. The molecule has 1 amide bonds. The second-order valence-corrected chi connectivity index (χ2v) is 5.13. The third-order valence-corrected chi connectivity index (χ3v) is 3.20. The average molecular weight is 338 g/mol. The van der Waals surface area contributed by atoms with Crippen LogP contribution in [-0.2, 0) is 0 Å². The van der Waals surface area contributed by atoms with Crippen molar-refractivity contribution in [2.75, 3.05) is 17.7 Å². The predicted octanol–water partition coefficient (Wildman–Crippen LogP) is 3.59. The minimum atomic E-state index is -0.357. The summed E-state index contributed by atoms with van der Waals surface area (Å²) in [6.45, 7) is 1.66. The van der Waals surface area contributed by atoms with E-state index in [4.69, 9.17) is 0 Å². The lowest BCUT2D eigenvalue weighted by atomic mass is 10.2. The van der Waals surface area contributed by atoms with E-state index in [1.54, 1.807) is 38.4 Å². The number of nitrogens with zero attached hydrogens (tertiary/aromatic N) is 1. The van der Waals surface area contributed by atoms with Gasteiger partial charge in [0.25, 0.3) is 5.91 Å². The summed E-state index contributed by atoms with van der Waals surface area (Å²) >= 11 is 3.27. The molecule has 1 aromatic carbocycles. The maximum atomic E-state index is 13.5. The van der Waals surface area contributed by atoms with Crippen molar-refractivity contribution in [1.29, 1.82) is 0 Å². The van der Waals surface area contributed by atoms with Crippen molar-refractivity contribution in [1.82, 2.24) is 4.98 Å². The van der Waals surface area contributed by atoms with Gasteiger partial charge < -0.3 is 10.6 Å². The van der Waals surface area contributed by atoms with Crippen LogP contribution in [0.25, 0.3) is 0 Å². The minimum Gasteiger partial charge on any atom is -0.372 e. The summed E-state index contributed by atoms with van der Waals surface area (Å²) in [6, 6.07) is 6.21. The molecular formula is C14H13BrFN3O. The quantitative estimate of drug-likeness (QED) is 0.899. The van der Waals surface area contributed by atoms with Gasteiger partial charge in [-0.2, -0.15) is 0 Å². The van der Waals surface area contributed by atoms with Crippen LogP contribution in [0.5, 0.6) is 0 Å². The van der Waals surface area contributed by atoms with Gasteiger partial charge in [0.05, 0.1) is 5.56 Å². The first kappa shape index (κ1) is 14.5. The molecule has 2 rings (SSSR count). The first-order valence-electron chi connectivity index (χ1n) is 5.92. The van der Waals surface area contributed by atoms with Gasteiger partial charge in [0, 0.05) is 23.4 Å². The Hall–Kier alpha value is -1.95. The number of benzene rings is 1. The van der Waals surface area contributed by atoms with Crippen molar-refractivity contribution in [2.45, 2.75) is 6.92 Å². The number of carbonyl (C=O) groups is 1. The standard InChI is InChI=1S/C14H13BrFN3O/c1-8-3-4-10(6-12(8)16)19-14(20)11-5-9(15)7-18-13(11)17-2/h3-7H,1-2H3,(H,17,18)(H,19,20). The molecule has 0 unspecified atom stereocenters. The highest BCUT2D eigenvalue weighted by molar-refractivity contribution is 9.10. The van der Waals surface area contributed by atoms with Gasteiger partial charge in [-0.15, -0.1) is 0 Å². The van der Waals surface area contributed by atoms with Crippen LogP contribution in [0.4, 0.5) is 15.9 Å². The van der Waals surface area contributed by atoms with Crippen molar-refractivity contribution >= 4 is 33.3 Å². The van der Waals surface area contributed by atoms with E-state index in [1.807, 2.05) is 0 Å². The van der Waals surface area contributed by atoms with E-state index in [1.165, 1.54) is 6.07 Å². The van der Waals surface area contributed by atoms with E-state index in [9.17, 15) is 9.18 Å².